The van der Waals surface area contributed by atoms with Crippen molar-refractivity contribution in [2.24, 2.45) is 0 Å². The Balaban J connectivity index is 1.60. The molecule has 120 valence electrons. The van der Waals surface area contributed by atoms with Crippen molar-refractivity contribution in [2.45, 2.75) is 6.92 Å². The van der Waals surface area contributed by atoms with Gasteiger partial charge in [-0.25, -0.2) is 4.98 Å². The molecule has 1 aliphatic heterocycles. The average Bonchev–Trinajstić information content (AvgIpc) is 3.18. The first-order chi connectivity index (χ1) is 11.2. The van der Waals surface area contributed by atoms with Gasteiger partial charge in [0.1, 0.15) is 5.75 Å². The number of carbonyl (C=O) groups excluding carboxylic acids is 1. The van der Waals surface area contributed by atoms with Crippen molar-refractivity contribution in [1.29, 1.82) is 0 Å². The zero-order chi connectivity index (χ0) is 15.8. The number of morpholine rings is 1. The predicted molar refractivity (Wildman–Crippen MR) is 92.6 cm³/mol. The smallest absolute Gasteiger partial charge is 0.260 e. The van der Waals surface area contributed by atoms with Crippen molar-refractivity contribution in [3.63, 3.8) is 0 Å². The van der Waals surface area contributed by atoms with Crippen molar-refractivity contribution in [2.75, 3.05) is 32.9 Å². The van der Waals surface area contributed by atoms with E-state index in [1.807, 2.05) is 24.4 Å². The molecule has 1 saturated heterocycles. The zero-order valence-corrected chi connectivity index (χ0v) is 14.3. The molecular weight excluding hydrogens is 332 g/mol. The minimum Gasteiger partial charge on any atom is -0.483 e. The highest BCUT2D eigenvalue weighted by Gasteiger charge is 2.18. The van der Waals surface area contributed by atoms with Crippen LogP contribution in [0, 0.1) is 6.92 Å². The number of hydrogen-bond acceptors (Lipinski definition) is 6. The SMILES string of the molecule is Cc1nc2c(cc(OCC(=O)N3CCOCC3)c3ccsc32)s1. The van der Waals surface area contributed by atoms with E-state index < -0.39 is 0 Å². The second-order valence-corrected chi connectivity index (χ2v) is 7.55. The van der Waals surface area contributed by atoms with E-state index in [4.69, 9.17) is 9.47 Å². The third-order valence-corrected chi connectivity index (χ3v) is 5.72. The number of hydrogen-bond donors (Lipinski definition) is 0. The summed E-state index contributed by atoms with van der Waals surface area (Å²) < 4.78 is 13.4. The van der Waals surface area contributed by atoms with Gasteiger partial charge in [-0.05, 0) is 18.4 Å². The summed E-state index contributed by atoms with van der Waals surface area (Å²) in [5.41, 5.74) is 1.03. The standard InChI is InChI=1S/C16H16N2O3S2/c1-10-17-15-13(23-10)8-12(11-2-7-22-16(11)15)21-9-14(19)18-3-5-20-6-4-18/h2,7-8H,3-6,9H2,1H3. The molecule has 3 aromatic rings. The minimum absolute atomic E-state index is 0.0114. The van der Waals surface area contributed by atoms with Gasteiger partial charge in [-0.15, -0.1) is 22.7 Å². The van der Waals surface area contributed by atoms with Gasteiger partial charge in [-0.2, -0.15) is 0 Å². The van der Waals surface area contributed by atoms with E-state index in [1.165, 1.54) is 0 Å². The van der Waals surface area contributed by atoms with E-state index in [2.05, 4.69) is 4.98 Å². The number of benzene rings is 1. The highest BCUT2D eigenvalue weighted by Crippen LogP contribution is 2.38. The van der Waals surface area contributed by atoms with Crippen molar-refractivity contribution >= 4 is 48.9 Å². The fourth-order valence-electron chi connectivity index (χ4n) is 2.75. The van der Waals surface area contributed by atoms with Gasteiger partial charge < -0.3 is 14.4 Å². The van der Waals surface area contributed by atoms with Crippen molar-refractivity contribution in [3.8, 4) is 5.75 Å². The number of carbonyl (C=O) groups is 1. The number of fused-ring (bicyclic) bond motifs is 3. The Morgan fingerprint density at radius 1 is 1.43 bits per heavy atom. The highest BCUT2D eigenvalue weighted by atomic mass is 32.1. The molecule has 23 heavy (non-hydrogen) atoms. The lowest BCUT2D eigenvalue weighted by Crippen LogP contribution is -2.42. The molecule has 1 aromatic carbocycles. The second-order valence-electron chi connectivity index (χ2n) is 5.40. The Morgan fingerprint density at radius 2 is 2.26 bits per heavy atom. The Morgan fingerprint density at radius 3 is 3.09 bits per heavy atom. The van der Waals surface area contributed by atoms with Gasteiger partial charge in [0.05, 0.1) is 33.1 Å². The topological polar surface area (TPSA) is 51.7 Å². The molecule has 0 N–H and O–H groups in total. The number of rotatable bonds is 3. The number of amides is 1. The van der Waals surface area contributed by atoms with Gasteiger partial charge >= 0.3 is 0 Å². The minimum atomic E-state index is 0.0114. The average molecular weight is 348 g/mol. The van der Waals surface area contributed by atoms with Crippen molar-refractivity contribution < 1.29 is 14.3 Å². The van der Waals surface area contributed by atoms with Crippen LogP contribution in [0.25, 0.3) is 20.3 Å². The number of nitrogens with zero attached hydrogens (tertiary/aromatic N) is 2. The Kier molecular flexibility index (Phi) is 3.92. The van der Waals surface area contributed by atoms with E-state index in [-0.39, 0.29) is 12.5 Å². The van der Waals surface area contributed by atoms with E-state index in [9.17, 15) is 4.79 Å². The van der Waals surface area contributed by atoms with E-state index >= 15 is 0 Å². The molecule has 0 saturated carbocycles. The first-order valence-corrected chi connectivity index (χ1v) is 9.17. The molecule has 1 aliphatic rings. The summed E-state index contributed by atoms with van der Waals surface area (Å²) in [7, 11) is 0. The van der Waals surface area contributed by atoms with E-state index in [1.54, 1.807) is 27.6 Å². The zero-order valence-electron chi connectivity index (χ0n) is 12.7. The molecule has 5 nitrogen and oxygen atoms in total. The van der Waals surface area contributed by atoms with Crippen LogP contribution in [-0.2, 0) is 9.53 Å². The summed E-state index contributed by atoms with van der Waals surface area (Å²) in [6, 6.07) is 4.03. The summed E-state index contributed by atoms with van der Waals surface area (Å²) in [5, 5.41) is 4.11. The normalized spacial score (nSPS) is 15.4. The molecular formula is C16H16N2O3S2. The highest BCUT2D eigenvalue weighted by molar-refractivity contribution is 7.21. The lowest BCUT2D eigenvalue weighted by molar-refractivity contribution is -0.137. The number of ether oxygens (including phenoxy) is 2. The lowest BCUT2D eigenvalue weighted by Gasteiger charge is -2.26. The molecule has 1 fully saturated rings. The molecule has 4 rings (SSSR count). The molecule has 0 spiro atoms. The van der Waals surface area contributed by atoms with Crippen LogP contribution >= 0.6 is 22.7 Å². The molecule has 1 amide bonds. The Bertz CT molecular complexity index is 865. The van der Waals surface area contributed by atoms with Gasteiger partial charge in [-0.1, -0.05) is 0 Å². The molecule has 0 atom stereocenters. The summed E-state index contributed by atoms with van der Waals surface area (Å²) in [6.45, 7) is 4.56. The van der Waals surface area contributed by atoms with Crippen LogP contribution in [0.4, 0.5) is 0 Å². The third-order valence-electron chi connectivity index (χ3n) is 3.88. The maximum atomic E-state index is 12.3. The van der Waals surface area contributed by atoms with E-state index in [0.717, 1.165) is 31.1 Å². The van der Waals surface area contributed by atoms with Gasteiger partial charge in [0.15, 0.2) is 6.61 Å². The number of aryl methyl sites for hydroxylation is 1. The quantitative estimate of drug-likeness (QED) is 0.730. The van der Waals surface area contributed by atoms with Crippen LogP contribution in [-0.4, -0.2) is 48.7 Å². The fourth-order valence-corrected chi connectivity index (χ4v) is 4.58. The first kappa shape index (κ1) is 14.9. The summed E-state index contributed by atoms with van der Waals surface area (Å²) in [4.78, 5) is 18.7. The summed E-state index contributed by atoms with van der Waals surface area (Å²) >= 11 is 3.31. The van der Waals surface area contributed by atoms with Gasteiger partial charge in [0.2, 0.25) is 0 Å². The van der Waals surface area contributed by atoms with Gasteiger partial charge in [-0.3, -0.25) is 4.79 Å². The Hall–Kier alpha value is -1.70. The number of aromatic nitrogens is 1. The summed E-state index contributed by atoms with van der Waals surface area (Å²) in [6.07, 6.45) is 0. The fraction of sp³-hybridized carbons (Fsp3) is 0.375. The molecule has 7 heteroatoms. The van der Waals surface area contributed by atoms with Crippen molar-refractivity contribution in [3.05, 3.63) is 22.5 Å². The molecule has 0 bridgehead atoms. The maximum Gasteiger partial charge on any atom is 0.260 e. The second kappa shape index (κ2) is 6.07. The number of thiophene rings is 1. The maximum absolute atomic E-state index is 12.3. The predicted octanol–water partition coefficient (Wildman–Crippen LogP) is 3.06. The van der Waals surface area contributed by atoms with Crippen molar-refractivity contribution in [1.82, 2.24) is 9.88 Å². The Labute approximate surface area is 141 Å². The first-order valence-electron chi connectivity index (χ1n) is 7.48. The molecule has 0 aliphatic carbocycles. The lowest BCUT2D eigenvalue weighted by atomic mass is 10.2. The molecule has 0 radical (unpaired) electrons. The van der Waals surface area contributed by atoms with Crippen LogP contribution < -0.4 is 4.74 Å². The van der Waals surface area contributed by atoms with Crippen LogP contribution in [0.3, 0.4) is 0 Å². The largest absolute Gasteiger partial charge is 0.483 e. The van der Waals surface area contributed by atoms with Crippen LogP contribution in [0.2, 0.25) is 0 Å². The van der Waals surface area contributed by atoms with Gasteiger partial charge in [0, 0.05) is 24.5 Å². The molecule has 0 unspecified atom stereocenters. The van der Waals surface area contributed by atoms with Crippen LogP contribution in [0.5, 0.6) is 5.75 Å². The summed E-state index contributed by atoms with van der Waals surface area (Å²) in [5.74, 6) is 0.774. The monoisotopic (exact) mass is 348 g/mol. The van der Waals surface area contributed by atoms with Gasteiger partial charge in [0.25, 0.3) is 5.91 Å². The number of thiazole rings is 1. The van der Waals surface area contributed by atoms with Crippen LogP contribution in [0.15, 0.2) is 17.5 Å². The third kappa shape index (κ3) is 2.80. The van der Waals surface area contributed by atoms with E-state index in [0.29, 0.717) is 26.3 Å². The van der Waals surface area contributed by atoms with Crippen LogP contribution in [0.1, 0.15) is 5.01 Å². The molecule has 3 heterocycles. The molecule has 2 aromatic heterocycles.